The summed E-state index contributed by atoms with van der Waals surface area (Å²) >= 11 is 6.19. The minimum Gasteiger partial charge on any atom is -0.354 e. The van der Waals surface area contributed by atoms with Crippen LogP contribution in [0.5, 0.6) is 0 Å². The predicted octanol–water partition coefficient (Wildman–Crippen LogP) is 1.99. The summed E-state index contributed by atoms with van der Waals surface area (Å²) in [4.78, 5) is 9.51. The van der Waals surface area contributed by atoms with Crippen molar-refractivity contribution in [3.63, 3.8) is 0 Å². The Labute approximate surface area is 120 Å². The second-order valence-corrected chi connectivity index (χ2v) is 5.21. The van der Waals surface area contributed by atoms with E-state index in [9.17, 15) is 0 Å². The van der Waals surface area contributed by atoms with Gasteiger partial charge in [0.15, 0.2) is 0 Å². The first kappa shape index (κ1) is 14.6. The zero-order valence-electron chi connectivity index (χ0n) is 11.8. The van der Waals surface area contributed by atoms with Crippen LogP contribution in [0.2, 0.25) is 5.02 Å². The van der Waals surface area contributed by atoms with Crippen LogP contribution in [0.1, 0.15) is 19.5 Å². The predicted molar refractivity (Wildman–Crippen MR) is 81.0 cm³/mol. The van der Waals surface area contributed by atoms with E-state index in [1.807, 2.05) is 12.1 Å². The van der Waals surface area contributed by atoms with Crippen LogP contribution in [0.3, 0.4) is 0 Å². The summed E-state index contributed by atoms with van der Waals surface area (Å²) in [7, 11) is 0. The van der Waals surface area contributed by atoms with Crippen molar-refractivity contribution >= 4 is 17.4 Å². The Morgan fingerprint density at radius 3 is 2.58 bits per heavy atom. The molecule has 2 rings (SSSR count). The third-order valence-corrected chi connectivity index (χ3v) is 3.93. The Morgan fingerprint density at radius 1 is 1.21 bits per heavy atom. The van der Waals surface area contributed by atoms with Crippen LogP contribution < -0.4 is 10.2 Å². The number of pyridine rings is 1. The molecule has 1 aromatic heterocycles. The molecule has 0 bridgehead atoms. The van der Waals surface area contributed by atoms with E-state index in [-0.39, 0.29) is 0 Å². The highest BCUT2D eigenvalue weighted by Gasteiger charge is 2.17. The molecule has 0 spiro atoms. The highest BCUT2D eigenvalue weighted by Crippen LogP contribution is 2.20. The van der Waals surface area contributed by atoms with E-state index in [2.05, 4.69) is 29.0 Å². The van der Waals surface area contributed by atoms with Gasteiger partial charge in [0.2, 0.25) is 0 Å². The maximum Gasteiger partial charge on any atom is 0.129 e. The normalized spacial score (nSPS) is 16.9. The summed E-state index contributed by atoms with van der Waals surface area (Å²) in [6.45, 7) is 11.4. The second-order valence-electron chi connectivity index (χ2n) is 4.80. The molecule has 2 heterocycles. The summed E-state index contributed by atoms with van der Waals surface area (Å²) in [5.74, 6) is 1.05. The minimum atomic E-state index is 0.734. The molecule has 106 valence electrons. The van der Waals surface area contributed by atoms with Gasteiger partial charge in [-0.25, -0.2) is 4.98 Å². The van der Waals surface area contributed by atoms with Crippen molar-refractivity contribution in [3.8, 4) is 0 Å². The highest BCUT2D eigenvalue weighted by atomic mass is 35.5. The van der Waals surface area contributed by atoms with Gasteiger partial charge >= 0.3 is 0 Å². The van der Waals surface area contributed by atoms with Gasteiger partial charge in [0.1, 0.15) is 5.82 Å². The number of hydrogen-bond acceptors (Lipinski definition) is 4. The summed E-state index contributed by atoms with van der Waals surface area (Å²) in [5.41, 5.74) is 0.943. The molecule has 0 aromatic carbocycles. The maximum atomic E-state index is 6.19. The van der Waals surface area contributed by atoms with E-state index in [1.54, 1.807) is 0 Å². The van der Waals surface area contributed by atoms with E-state index in [0.29, 0.717) is 0 Å². The van der Waals surface area contributed by atoms with Gasteiger partial charge in [-0.1, -0.05) is 25.4 Å². The van der Waals surface area contributed by atoms with Crippen LogP contribution in [0.15, 0.2) is 12.1 Å². The van der Waals surface area contributed by atoms with Crippen molar-refractivity contribution in [1.82, 2.24) is 15.2 Å². The van der Waals surface area contributed by atoms with Gasteiger partial charge in [0.05, 0.1) is 10.7 Å². The Bertz CT molecular complexity index is 402. The number of hydrogen-bond donors (Lipinski definition) is 1. The highest BCUT2D eigenvalue weighted by molar-refractivity contribution is 6.31. The molecule has 1 aliphatic rings. The molecule has 0 atom stereocenters. The zero-order valence-corrected chi connectivity index (χ0v) is 12.6. The monoisotopic (exact) mass is 282 g/mol. The SMILES string of the molecule is CCNCc1nc(N2CCN(CC)CC2)ccc1Cl. The molecule has 4 nitrogen and oxygen atoms in total. The molecular weight excluding hydrogens is 260 g/mol. The molecule has 0 unspecified atom stereocenters. The molecule has 1 N–H and O–H groups in total. The molecule has 1 fully saturated rings. The summed E-state index contributed by atoms with van der Waals surface area (Å²) < 4.78 is 0. The first-order valence-electron chi connectivity index (χ1n) is 7.08. The van der Waals surface area contributed by atoms with Crippen molar-refractivity contribution in [2.45, 2.75) is 20.4 Å². The molecule has 0 radical (unpaired) electrons. The van der Waals surface area contributed by atoms with E-state index < -0.39 is 0 Å². The molecule has 0 aliphatic carbocycles. The molecule has 1 aromatic rings. The Balaban J connectivity index is 2.04. The Kier molecular flexibility index (Phi) is 5.43. The number of aromatic nitrogens is 1. The standard InChI is InChI=1S/C14H23ClN4/c1-3-16-11-13-12(15)5-6-14(17-13)19-9-7-18(4-2)8-10-19/h5-6,16H,3-4,7-11H2,1-2H3. The average molecular weight is 283 g/mol. The zero-order chi connectivity index (χ0) is 13.7. The van der Waals surface area contributed by atoms with Gasteiger partial charge in [-0.15, -0.1) is 0 Å². The van der Waals surface area contributed by atoms with Gasteiger partial charge in [-0.2, -0.15) is 0 Å². The van der Waals surface area contributed by atoms with Crippen molar-refractivity contribution in [2.75, 3.05) is 44.2 Å². The van der Waals surface area contributed by atoms with Gasteiger partial charge in [-0.05, 0) is 25.2 Å². The van der Waals surface area contributed by atoms with E-state index >= 15 is 0 Å². The third-order valence-electron chi connectivity index (χ3n) is 3.59. The lowest BCUT2D eigenvalue weighted by molar-refractivity contribution is 0.270. The maximum absolute atomic E-state index is 6.19. The topological polar surface area (TPSA) is 31.4 Å². The van der Waals surface area contributed by atoms with Crippen LogP contribution in [-0.2, 0) is 6.54 Å². The fraction of sp³-hybridized carbons (Fsp3) is 0.643. The fourth-order valence-corrected chi connectivity index (χ4v) is 2.48. The lowest BCUT2D eigenvalue weighted by Gasteiger charge is -2.35. The Hall–Kier alpha value is -0.840. The van der Waals surface area contributed by atoms with Crippen LogP contribution in [0, 0.1) is 0 Å². The molecule has 1 aliphatic heterocycles. The number of nitrogens with one attached hydrogen (secondary N) is 1. The average Bonchev–Trinajstić information content (AvgIpc) is 2.46. The first-order chi connectivity index (χ1) is 9.24. The summed E-state index contributed by atoms with van der Waals surface area (Å²) in [6, 6.07) is 3.99. The fourth-order valence-electron chi connectivity index (χ4n) is 2.31. The molecule has 19 heavy (non-hydrogen) atoms. The quantitative estimate of drug-likeness (QED) is 0.895. The third kappa shape index (κ3) is 3.81. The lowest BCUT2D eigenvalue weighted by atomic mass is 10.3. The van der Waals surface area contributed by atoms with Crippen molar-refractivity contribution in [2.24, 2.45) is 0 Å². The summed E-state index contributed by atoms with van der Waals surface area (Å²) in [6.07, 6.45) is 0. The summed E-state index contributed by atoms with van der Waals surface area (Å²) in [5, 5.41) is 4.03. The number of piperazine rings is 1. The van der Waals surface area contributed by atoms with Crippen LogP contribution in [-0.4, -0.2) is 49.2 Å². The van der Waals surface area contributed by atoms with Gasteiger partial charge in [0, 0.05) is 32.7 Å². The molecule has 0 amide bonds. The smallest absolute Gasteiger partial charge is 0.129 e. The van der Waals surface area contributed by atoms with Crippen LogP contribution >= 0.6 is 11.6 Å². The molecular formula is C14H23ClN4. The van der Waals surface area contributed by atoms with E-state index in [1.165, 1.54) is 0 Å². The van der Waals surface area contributed by atoms with Crippen LogP contribution in [0.25, 0.3) is 0 Å². The Morgan fingerprint density at radius 2 is 1.95 bits per heavy atom. The van der Waals surface area contributed by atoms with E-state index in [0.717, 1.165) is 62.3 Å². The van der Waals surface area contributed by atoms with Crippen LogP contribution in [0.4, 0.5) is 5.82 Å². The molecule has 5 heteroatoms. The number of rotatable bonds is 5. The largest absolute Gasteiger partial charge is 0.354 e. The van der Waals surface area contributed by atoms with Gasteiger partial charge < -0.3 is 15.1 Å². The van der Waals surface area contributed by atoms with Crippen molar-refractivity contribution in [3.05, 3.63) is 22.8 Å². The molecule has 1 saturated heterocycles. The number of anilines is 1. The number of nitrogens with zero attached hydrogens (tertiary/aromatic N) is 3. The van der Waals surface area contributed by atoms with Crippen molar-refractivity contribution in [1.29, 1.82) is 0 Å². The number of likely N-dealkylation sites (N-methyl/N-ethyl adjacent to an activating group) is 1. The molecule has 0 saturated carbocycles. The lowest BCUT2D eigenvalue weighted by Crippen LogP contribution is -2.46. The number of halogens is 1. The first-order valence-corrected chi connectivity index (χ1v) is 7.45. The van der Waals surface area contributed by atoms with Crippen molar-refractivity contribution < 1.29 is 0 Å². The van der Waals surface area contributed by atoms with Gasteiger partial charge in [0.25, 0.3) is 0 Å². The van der Waals surface area contributed by atoms with E-state index in [4.69, 9.17) is 16.6 Å². The minimum absolute atomic E-state index is 0.734. The second kappa shape index (κ2) is 7.08. The van der Waals surface area contributed by atoms with Gasteiger partial charge in [-0.3, -0.25) is 0 Å².